The number of benzene rings is 5. The van der Waals surface area contributed by atoms with Gasteiger partial charge in [-0.25, -0.2) is 13.6 Å². The Kier molecular flexibility index (Phi) is 7.53. The van der Waals surface area contributed by atoms with Gasteiger partial charge >= 0.3 is 0 Å². The highest BCUT2D eigenvalue weighted by Crippen LogP contribution is 2.43. The third kappa shape index (κ3) is 4.69. The third-order valence-electron chi connectivity index (χ3n) is 7.35. The van der Waals surface area contributed by atoms with E-state index in [2.05, 4.69) is 12.1 Å². The minimum atomic E-state index is -3.86. The molecule has 5 rings (SSSR count). The summed E-state index contributed by atoms with van der Waals surface area (Å²) < 4.78 is 47.7. The monoisotopic (exact) mass is 557 g/mol. The molecule has 8 heteroatoms. The lowest BCUT2D eigenvalue weighted by molar-refractivity contribution is -0.183. The van der Waals surface area contributed by atoms with E-state index in [1.807, 2.05) is 54.6 Å². The van der Waals surface area contributed by atoms with Crippen LogP contribution < -0.4 is 14.6 Å². The second kappa shape index (κ2) is 10.9. The highest BCUT2D eigenvalue weighted by Gasteiger charge is 2.38. The van der Waals surface area contributed by atoms with Crippen molar-refractivity contribution in [1.29, 1.82) is 0 Å². The van der Waals surface area contributed by atoms with Crippen molar-refractivity contribution in [2.75, 3.05) is 28.4 Å². The molecule has 0 spiro atoms. The summed E-state index contributed by atoms with van der Waals surface area (Å²) >= 11 is 0. The number of nitrogens with two attached hydrogens (primary N) is 1. The van der Waals surface area contributed by atoms with Crippen LogP contribution in [0.1, 0.15) is 22.3 Å². The molecule has 0 saturated carbocycles. The van der Waals surface area contributed by atoms with Crippen LogP contribution in [0, 0.1) is 0 Å². The topological polar surface area (TPSA) is 97.1 Å². The number of primary sulfonamides is 1. The maximum atomic E-state index is 11.9. The van der Waals surface area contributed by atoms with E-state index in [4.69, 9.17) is 24.1 Å². The molecule has 0 aliphatic rings. The van der Waals surface area contributed by atoms with Crippen LogP contribution in [-0.2, 0) is 31.7 Å². The Hall–Kier alpha value is -3.95. The van der Waals surface area contributed by atoms with Gasteiger partial charge in [0.05, 0.1) is 19.1 Å². The molecule has 0 aliphatic carbocycles. The summed E-state index contributed by atoms with van der Waals surface area (Å²) in [5.74, 6) is 0.158. The van der Waals surface area contributed by atoms with E-state index in [0.717, 1.165) is 49.7 Å². The van der Waals surface area contributed by atoms with E-state index in [9.17, 15) is 8.42 Å². The Morgan fingerprint density at radius 1 is 0.675 bits per heavy atom. The molecule has 0 unspecified atom stereocenters. The highest BCUT2D eigenvalue weighted by atomic mass is 32.2. The van der Waals surface area contributed by atoms with Gasteiger partial charge in [-0.2, -0.15) is 0 Å². The molecule has 0 bridgehead atoms. The van der Waals surface area contributed by atoms with Crippen LogP contribution in [0.5, 0.6) is 11.5 Å². The molecule has 7 nitrogen and oxygen atoms in total. The summed E-state index contributed by atoms with van der Waals surface area (Å²) in [4.78, 5) is 0.00676. The molecule has 40 heavy (non-hydrogen) atoms. The molecular formula is C32H31NO6S. The van der Waals surface area contributed by atoms with Gasteiger partial charge in [0, 0.05) is 36.1 Å². The zero-order valence-electron chi connectivity index (χ0n) is 22.8. The van der Waals surface area contributed by atoms with Gasteiger partial charge in [-0.15, -0.1) is 0 Å². The van der Waals surface area contributed by atoms with E-state index in [0.29, 0.717) is 12.0 Å². The molecule has 206 valence electrons. The second-order valence-electron chi connectivity index (χ2n) is 9.40. The van der Waals surface area contributed by atoms with Crippen LogP contribution >= 0.6 is 0 Å². The van der Waals surface area contributed by atoms with Crippen LogP contribution in [0.15, 0.2) is 95.9 Å². The fourth-order valence-electron chi connectivity index (χ4n) is 5.50. The van der Waals surface area contributed by atoms with Gasteiger partial charge in [0.15, 0.2) is 0 Å². The van der Waals surface area contributed by atoms with Crippen molar-refractivity contribution in [3.05, 3.63) is 113 Å². The van der Waals surface area contributed by atoms with Gasteiger partial charge in [0.25, 0.3) is 0 Å². The Labute approximate surface area is 234 Å². The van der Waals surface area contributed by atoms with E-state index in [-0.39, 0.29) is 4.90 Å². The van der Waals surface area contributed by atoms with E-state index in [1.165, 1.54) is 12.1 Å². The number of hydrogen-bond donors (Lipinski definition) is 1. The Morgan fingerprint density at radius 3 is 1.98 bits per heavy atom. The van der Waals surface area contributed by atoms with Crippen LogP contribution in [0.25, 0.3) is 21.5 Å². The fourth-order valence-corrected chi connectivity index (χ4v) is 6.02. The molecule has 0 radical (unpaired) electrons. The molecule has 0 saturated heterocycles. The number of methoxy groups -OCH3 is 4. The summed E-state index contributed by atoms with van der Waals surface area (Å²) in [6.45, 7) is 0. The summed E-state index contributed by atoms with van der Waals surface area (Å²) in [6, 6.07) is 28.4. The molecule has 5 aromatic rings. The van der Waals surface area contributed by atoms with Crippen molar-refractivity contribution in [2.24, 2.45) is 5.14 Å². The van der Waals surface area contributed by atoms with Gasteiger partial charge < -0.3 is 18.9 Å². The van der Waals surface area contributed by atoms with Crippen LogP contribution in [-0.4, -0.2) is 36.9 Å². The van der Waals surface area contributed by atoms with Crippen molar-refractivity contribution >= 4 is 31.6 Å². The van der Waals surface area contributed by atoms with Gasteiger partial charge in [-0.3, -0.25) is 0 Å². The average Bonchev–Trinajstić information content (AvgIpc) is 2.98. The van der Waals surface area contributed by atoms with E-state index in [1.54, 1.807) is 40.6 Å². The maximum Gasteiger partial charge on any atom is 0.238 e. The lowest BCUT2D eigenvalue weighted by atomic mass is 9.85. The second-order valence-corrected chi connectivity index (χ2v) is 11.0. The molecular weight excluding hydrogens is 526 g/mol. The Bertz CT molecular complexity index is 1790. The number of rotatable bonds is 9. The molecule has 0 amide bonds. The highest BCUT2D eigenvalue weighted by molar-refractivity contribution is 7.89. The van der Waals surface area contributed by atoms with Crippen molar-refractivity contribution in [2.45, 2.75) is 17.1 Å². The van der Waals surface area contributed by atoms with Crippen molar-refractivity contribution in [1.82, 2.24) is 0 Å². The first-order valence-corrected chi connectivity index (χ1v) is 14.2. The normalized spacial score (nSPS) is 12.1. The average molecular weight is 558 g/mol. The lowest BCUT2D eigenvalue weighted by Crippen LogP contribution is -2.34. The molecule has 2 N–H and O–H groups in total. The number of sulfonamides is 1. The first-order chi connectivity index (χ1) is 19.3. The first kappa shape index (κ1) is 27.6. The molecule has 0 aliphatic heterocycles. The zero-order chi connectivity index (χ0) is 28.5. The van der Waals surface area contributed by atoms with Crippen LogP contribution in [0.4, 0.5) is 0 Å². The number of ether oxygens (including phenoxy) is 4. The summed E-state index contributed by atoms with van der Waals surface area (Å²) in [6.07, 6.45) is 0.533. The van der Waals surface area contributed by atoms with Crippen molar-refractivity contribution < 1.29 is 27.4 Å². The summed E-state index contributed by atoms with van der Waals surface area (Å²) in [5.41, 5.74) is 3.45. The summed E-state index contributed by atoms with van der Waals surface area (Å²) in [5, 5.41) is 9.23. The van der Waals surface area contributed by atoms with Gasteiger partial charge in [0.2, 0.25) is 15.8 Å². The lowest BCUT2D eigenvalue weighted by Gasteiger charge is -2.35. The predicted octanol–water partition coefficient (Wildman–Crippen LogP) is 5.74. The Balaban J connectivity index is 1.78. The quantitative estimate of drug-likeness (QED) is 0.232. The number of fused-ring (bicyclic) bond motifs is 2. The predicted molar refractivity (Wildman–Crippen MR) is 156 cm³/mol. The molecule has 0 heterocycles. The number of hydrogen-bond acceptors (Lipinski definition) is 6. The van der Waals surface area contributed by atoms with Gasteiger partial charge in [-0.1, -0.05) is 66.7 Å². The SMILES string of the molecule is COc1ccc(Cc2ccc3ccccc3c2C(OC)(OC)c2ccc(S(N)(=O)=O)cc2)c2c(OC)cccc12. The fraction of sp³-hybridized carbons (Fsp3) is 0.188. The molecule has 0 aromatic heterocycles. The van der Waals surface area contributed by atoms with E-state index >= 15 is 0 Å². The molecule has 0 atom stereocenters. The maximum absolute atomic E-state index is 11.9. The minimum Gasteiger partial charge on any atom is -0.496 e. The third-order valence-corrected chi connectivity index (χ3v) is 8.28. The zero-order valence-corrected chi connectivity index (χ0v) is 23.6. The first-order valence-electron chi connectivity index (χ1n) is 12.6. The largest absolute Gasteiger partial charge is 0.496 e. The Morgan fingerprint density at radius 2 is 1.32 bits per heavy atom. The smallest absolute Gasteiger partial charge is 0.238 e. The van der Waals surface area contributed by atoms with Gasteiger partial charge in [0.1, 0.15) is 11.5 Å². The summed E-state index contributed by atoms with van der Waals surface area (Å²) in [7, 11) is 2.61. The standard InChI is InChI=1S/C32H31NO6S/c1-36-28-19-14-22(30-27(28)10-7-11-29(30)37-2)20-23-13-12-21-8-5-6-9-26(21)31(23)32(38-3,39-4)24-15-17-25(18-16-24)40(33,34)35/h5-19H,20H2,1-4H3,(H2,33,34,35). The van der Waals surface area contributed by atoms with Crippen molar-refractivity contribution in [3.8, 4) is 11.5 Å². The minimum absolute atomic E-state index is 0.00676. The van der Waals surface area contributed by atoms with Crippen molar-refractivity contribution in [3.63, 3.8) is 0 Å². The van der Waals surface area contributed by atoms with Gasteiger partial charge in [-0.05, 0) is 52.6 Å². The molecule has 5 aromatic carbocycles. The van der Waals surface area contributed by atoms with Crippen LogP contribution in [0.3, 0.4) is 0 Å². The molecule has 0 fully saturated rings. The van der Waals surface area contributed by atoms with Crippen LogP contribution in [0.2, 0.25) is 0 Å². The van der Waals surface area contributed by atoms with E-state index < -0.39 is 15.8 Å².